The Morgan fingerprint density at radius 2 is 1.75 bits per heavy atom. The molecule has 1 heterocycles. The lowest BCUT2D eigenvalue weighted by Gasteiger charge is -2.36. The maximum atomic E-state index is 13.0. The first-order valence-electron chi connectivity index (χ1n) is 8.25. The summed E-state index contributed by atoms with van der Waals surface area (Å²) in [4.78, 5) is 38.6. The summed E-state index contributed by atoms with van der Waals surface area (Å²) >= 11 is 0. The maximum absolute atomic E-state index is 13.0. The molecule has 4 rings (SSSR count). The van der Waals surface area contributed by atoms with Crippen LogP contribution in [0.5, 0.6) is 5.75 Å². The van der Waals surface area contributed by atoms with Crippen molar-refractivity contribution in [1.82, 2.24) is 4.90 Å². The van der Waals surface area contributed by atoms with Gasteiger partial charge in [-0.25, -0.2) is 0 Å². The zero-order valence-electron chi connectivity index (χ0n) is 13.1. The van der Waals surface area contributed by atoms with Gasteiger partial charge in [0.25, 0.3) is 11.8 Å². The van der Waals surface area contributed by atoms with E-state index in [1.54, 1.807) is 18.2 Å². The molecule has 1 fully saturated rings. The maximum Gasteiger partial charge on any atom is 0.261 e. The highest BCUT2D eigenvalue weighted by molar-refractivity contribution is 6.27. The fourth-order valence-electron chi connectivity index (χ4n) is 3.98. The summed E-state index contributed by atoms with van der Waals surface area (Å²) in [6, 6.07) is 6.25. The molecule has 24 heavy (non-hydrogen) atoms. The number of carbonyl (C=O) groups is 3. The first-order chi connectivity index (χ1) is 11.6. The molecule has 122 valence electrons. The molecule has 1 saturated carbocycles. The molecule has 0 radical (unpaired) electrons. The van der Waals surface area contributed by atoms with Crippen molar-refractivity contribution >= 4 is 28.9 Å². The van der Waals surface area contributed by atoms with Crippen molar-refractivity contribution in [2.75, 3.05) is 0 Å². The minimum absolute atomic E-state index is 0.0879. The number of amides is 2. The highest BCUT2D eigenvalue weighted by Gasteiger charge is 2.38. The molecule has 1 N–H and O–H groups in total. The molecule has 5 nitrogen and oxygen atoms in total. The predicted molar refractivity (Wildman–Crippen MR) is 88.4 cm³/mol. The Hall–Kier alpha value is -2.69. The van der Waals surface area contributed by atoms with Gasteiger partial charge >= 0.3 is 0 Å². The SMILES string of the molecule is O=Cc1c(O)cc2c3c(cccc13)C(=O)N(C1CCCCC1)C2=O. The van der Waals surface area contributed by atoms with Crippen molar-refractivity contribution in [3.05, 3.63) is 41.0 Å². The Morgan fingerprint density at radius 1 is 1.04 bits per heavy atom. The summed E-state index contributed by atoms with van der Waals surface area (Å²) in [7, 11) is 0. The normalized spacial score (nSPS) is 18.2. The average Bonchev–Trinajstić information content (AvgIpc) is 2.60. The summed E-state index contributed by atoms with van der Waals surface area (Å²) in [6.07, 6.45) is 5.34. The lowest BCUT2D eigenvalue weighted by Crippen LogP contribution is -2.47. The topological polar surface area (TPSA) is 74.7 Å². The van der Waals surface area contributed by atoms with Crippen LogP contribution in [0.2, 0.25) is 0 Å². The number of phenolic OH excluding ortho intramolecular Hbond substituents is 1. The molecule has 2 aromatic carbocycles. The minimum Gasteiger partial charge on any atom is -0.507 e. The van der Waals surface area contributed by atoms with Gasteiger partial charge in [-0.15, -0.1) is 0 Å². The van der Waals surface area contributed by atoms with E-state index in [2.05, 4.69) is 0 Å². The van der Waals surface area contributed by atoms with Crippen molar-refractivity contribution in [2.24, 2.45) is 0 Å². The Morgan fingerprint density at radius 3 is 2.46 bits per heavy atom. The highest BCUT2D eigenvalue weighted by atomic mass is 16.3. The average molecular weight is 323 g/mol. The standard InChI is InChI=1S/C19H17NO4/c21-10-15-12-7-4-8-13-17(12)14(9-16(15)22)19(24)20(18(13)23)11-5-2-1-3-6-11/h4,7-11,22H,1-3,5-6H2. The van der Waals surface area contributed by atoms with E-state index in [4.69, 9.17) is 0 Å². The largest absolute Gasteiger partial charge is 0.507 e. The van der Waals surface area contributed by atoms with Gasteiger partial charge in [-0.05, 0) is 30.4 Å². The second kappa shape index (κ2) is 5.44. The molecule has 0 saturated heterocycles. The summed E-state index contributed by atoms with van der Waals surface area (Å²) in [6.45, 7) is 0. The van der Waals surface area contributed by atoms with Gasteiger partial charge in [0, 0.05) is 17.0 Å². The number of nitrogens with zero attached hydrogens (tertiary/aromatic N) is 1. The van der Waals surface area contributed by atoms with E-state index in [-0.39, 0.29) is 29.2 Å². The molecule has 2 amide bonds. The lowest BCUT2D eigenvalue weighted by atomic mass is 9.87. The molecular formula is C19H17NO4. The van der Waals surface area contributed by atoms with E-state index in [0.29, 0.717) is 28.2 Å². The molecule has 0 spiro atoms. The molecule has 0 atom stereocenters. The number of phenols is 1. The summed E-state index contributed by atoms with van der Waals surface area (Å²) in [5.41, 5.74) is 0.840. The van der Waals surface area contributed by atoms with E-state index in [1.165, 1.54) is 11.0 Å². The van der Waals surface area contributed by atoms with Crippen LogP contribution in [0.1, 0.15) is 63.2 Å². The number of carbonyl (C=O) groups excluding carboxylic acids is 3. The van der Waals surface area contributed by atoms with Gasteiger partial charge in [0.15, 0.2) is 6.29 Å². The zero-order valence-corrected chi connectivity index (χ0v) is 13.1. The van der Waals surface area contributed by atoms with Gasteiger partial charge in [-0.1, -0.05) is 31.4 Å². The number of aromatic hydroxyl groups is 1. The van der Waals surface area contributed by atoms with E-state index in [9.17, 15) is 19.5 Å². The molecule has 0 aromatic heterocycles. The summed E-state index contributed by atoms with van der Waals surface area (Å²) < 4.78 is 0. The fourth-order valence-corrected chi connectivity index (χ4v) is 3.98. The van der Waals surface area contributed by atoms with Crippen molar-refractivity contribution in [1.29, 1.82) is 0 Å². The zero-order chi connectivity index (χ0) is 16.8. The van der Waals surface area contributed by atoms with Crippen LogP contribution in [0.15, 0.2) is 24.3 Å². The Kier molecular flexibility index (Phi) is 3.37. The van der Waals surface area contributed by atoms with Gasteiger partial charge in [0.1, 0.15) is 5.75 Å². The fraction of sp³-hybridized carbons (Fsp3) is 0.316. The quantitative estimate of drug-likeness (QED) is 0.680. The molecule has 0 bridgehead atoms. The smallest absolute Gasteiger partial charge is 0.261 e. The first-order valence-corrected chi connectivity index (χ1v) is 8.25. The third-order valence-corrected chi connectivity index (χ3v) is 5.14. The molecule has 5 heteroatoms. The molecule has 0 unspecified atom stereocenters. The number of imide groups is 1. The van der Waals surface area contributed by atoms with E-state index < -0.39 is 0 Å². The minimum atomic E-state index is -0.372. The van der Waals surface area contributed by atoms with Gasteiger partial charge in [-0.3, -0.25) is 19.3 Å². The number of hydrogen-bond acceptors (Lipinski definition) is 4. The van der Waals surface area contributed by atoms with Crippen LogP contribution in [-0.4, -0.2) is 34.1 Å². The van der Waals surface area contributed by atoms with E-state index in [0.717, 1.165) is 32.1 Å². The van der Waals surface area contributed by atoms with Crippen LogP contribution in [0.4, 0.5) is 0 Å². The Labute approximate surface area is 138 Å². The number of hydrogen-bond donors (Lipinski definition) is 1. The predicted octanol–water partition coefficient (Wildman–Crippen LogP) is 3.29. The monoisotopic (exact) mass is 323 g/mol. The van der Waals surface area contributed by atoms with Crippen molar-refractivity contribution in [3.8, 4) is 5.75 Å². The second-order valence-corrected chi connectivity index (χ2v) is 6.48. The Balaban J connectivity index is 1.95. The van der Waals surface area contributed by atoms with Gasteiger partial charge < -0.3 is 5.11 Å². The van der Waals surface area contributed by atoms with Crippen molar-refractivity contribution < 1.29 is 19.5 Å². The second-order valence-electron chi connectivity index (χ2n) is 6.48. The van der Waals surface area contributed by atoms with Crippen LogP contribution in [0.3, 0.4) is 0 Å². The third-order valence-electron chi connectivity index (χ3n) is 5.14. The molecule has 2 aromatic rings. The third kappa shape index (κ3) is 1.97. The van der Waals surface area contributed by atoms with Gasteiger partial charge in [0.05, 0.1) is 11.1 Å². The summed E-state index contributed by atoms with van der Waals surface area (Å²) in [5.74, 6) is -0.896. The molecule has 1 aliphatic heterocycles. The Bertz CT molecular complexity index is 881. The summed E-state index contributed by atoms with van der Waals surface area (Å²) in [5, 5.41) is 11.0. The lowest BCUT2D eigenvalue weighted by molar-refractivity contribution is 0.0502. The van der Waals surface area contributed by atoms with E-state index >= 15 is 0 Å². The molecular weight excluding hydrogens is 306 g/mol. The first kappa shape index (κ1) is 14.9. The van der Waals surface area contributed by atoms with Gasteiger partial charge in [-0.2, -0.15) is 0 Å². The van der Waals surface area contributed by atoms with E-state index in [1.807, 2.05) is 0 Å². The van der Waals surface area contributed by atoms with Crippen molar-refractivity contribution in [3.63, 3.8) is 0 Å². The molecule has 2 aliphatic rings. The number of rotatable bonds is 2. The van der Waals surface area contributed by atoms with Crippen LogP contribution >= 0.6 is 0 Å². The number of aldehydes is 1. The van der Waals surface area contributed by atoms with Crippen LogP contribution < -0.4 is 0 Å². The molecule has 1 aliphatic carbocycles. The van der Waals surface area contributed by atoms with Crippen LogP contribution in [0.25, 0.3) is 10.8 Å². The van der Waals surface area contributed by atoms with Gasteiger partial charge in [0.2, 0.25) is 0 Å². The highest BCUT2D eigenvalue weighted by Crippen LogP contribution is 2.38. The van der Waals surface area contributed by atoms with Crippen LogP contribution in [-0.2, 0) is 0 Å². The van der Waals surface area contributed by atoms with Crippen molar-refractivity contribution in [2.45, 2.75) is 38.1 Å². The number of benzene rings is 2. The van der Waals surface area contributed by atoms with Crippen LogP contribution in [0, 0.1) is 0 Å².